The molecule has 8 fully saturated rings. The van der Waals surface area contributed by atoms with Gasteiger partial charge in [-0.1, -0.05) is 121 Å². The van der Waals surface area contributed by atoms with Crippen LogP contribution in [0.25, 0.3) is 0 Å². The van der Waals surface area contributed by atoms with Crippen LogP contribution in [0.2, 0.25) is 0 Å². The summed E-state index contributed by atoms with van der Waals surface area (Å²) in [5, 5.41) is 22.1. The van der Waals surface area contributed by atoms with Crippen LogP contribution in [0.4, 0.5) is 4.79 Å². The van der Waals surface area contributed by atoms with Crippen molar-refractivity contribution in [2.75, 3.05) is 65.6 Å². The number of nitrogens with one attached hydrogen (secondary N) is 5. The molecule has 0 radical (unpaired) electrons. The lowest BCUT2D eigenvalue weighted by Crippen LogP contribution is -2.52. The lowest BCUT2D eigenvalue weighted by atomic mass is 9.89. The highest BCUT2D eigenvalue weighted by Crippen LogP contribution is 2.41. The zero-order valence-corrected chi connectivity index (χ0v) is 80.9. The molecule has 12 aliphatic heterocycles. The summed E-state index contributed by atoms with van der Waals surface area (Å²) in [5.74, 6) is -0.926. The molecule has 142 heavy (non-hydrogen) atoms. The van der Waals surface area contributed by atoms with E-state index in [1.54, 1.807) is 63.2 Å². The number of nitrogens with zero attached hydrogens (tertiary/aromatic N) is 7. The fraction of sp³-hybridized carbons (Fsp3) is 0.426. The summed E-state index contributed by atoms with van der Waals surface area (Å²) in [6.45, 7) is 18.0. The molecular weight excluding hydrogens is 1840 g/mol. The lowest BCUT2D eigenvalue weighted by molar-refractivity contribution is -0.142. The highest BCUT2D eigenvalue weighted by molar-refractivity contribution is 6.09. The van der Waals surface area contributed by atoms with Crippen LogP contribution in [0.5, 0.6) is 23.0 Å². The molecule has 8 saturated heterocycles. The lowest BCUT2D eigenvalue weighted by Gasteiger charge is -2.33. The van der Waals surface area contributed by atoms with Gasteiger partial charge in [-0.2, -0.15) is 0 Å². The van der Waals surface area contributed by atoms with Gasteiger partial charge in [0.05, 0.1) is 39.4 Å². The van der Waals surface area contributed by atoms with Gasteiger partial charge in [0, 0.05) is 103 Å². The molecule has 34 heteroatoms. The van der Waals surface area contributed by atoms with E-state index in [1.165, 1.54) is 39.3 Å². The fourth-order valence-electron chi connectivity index (χ4n) is 20.5. The number of ether oxygens (including phenoxy) is 6. The van der Waals surface area contributed by atoms with Gasteiger partial charge in [-0.3, -0.25) is 93.4 Å². The number of amides is 13. The maximum absolute atomic E-state index is 13.0. The van der Waals surface area contributed by atoms with E-state index in [-0.39, 0.29) is 105 Å². The number of likely N-dealkylation sites (tertiary alicyclic amines) is 2. The first kappa shape index (κ1) is 101. The summed E-state index contributed by atoms with van der Waals surface area (Å²) in [7, 11) is 0. The van der Waals surface area contributed by atoms with Crippen molar-refractivity contribution in [1.29, 1.82) is 0 Å². The number of morpholine rings is 1. The Hall–Kier alpha value is -13.7. The van der Waals surface area contributed by atoms with Gasteiger partial charge in [-0.25, -0.2) is 4.79 Å². The maximum Gasteiger partial charge on any atom is 0.410 e. The Morgan fingerprint density at radius 1 is 0.394 bits per heavy atom. The third-order valence-electron chi connectivity index (χ3n) is 28.2. The largest absolute Gasteiger partial charge is 0.489 e. The summed E-state index contributed by atoms with van der Waals surface area (Å²) in [4.78, 5) is 183. The van der Waals surface area contributed by atoms with Crippen molar-refractivity contribution in [3.63, 3.8) is 0 Å². The molecule has 33 nitrogen and oxygen atoms in total. The Kier molecular flexibility index (Phi) is 32.7. The molecule has 0 bridgehead atoms. The molecule has 20 rings (SSSR count). The zero-order chi connectivity index (χ0) is 98.5. The van der Waals surface area contributed by atoms with E-state index >= 15 is 0 Å². The van der Waals surface area contributed by atoms with Crippen molar-refractivity contribution in [2.45, 2.75) is 230 Å². The van der Waals surface area contributed by atoms with Crippen molar-refractivity contribution in [3.05, 3.63) is 259 Å². The Morgan fingerprint density at radius 2 is 0.725 bits per heavy atom. The average Bonchev–Trinajstić information content (AvgIpc) is 1.64. The van der Waals surface area contributed by atoms with Gasteiger partial charge in [-0.05, 0) is 229 Å². The molecule has 0 aliphatic carbocycles. The molecule has 12 heterocycles. The summed E-state index contributed by atoms with van der Waals surface area (Å²) in [6, 6.07) is 51.9. The fourth-order valence-corrected chi connectivity index (χ4v) is 20.5. The zero-order valence-electron chi connectivity index (χ0n) is 80.1. The minimum atomic E-state index is -0.766. The first-order valence-electron chi connectivity index (χ1n) is 49.0. The summed E-state index contributed by atoms with van der Waals surface area (Å²) < 4.78 is 35.3. The average molecular weight is 1960 g/mol. The van der Waals surface area contributed by atoms with Crippen LogP contribution in [-0.2, 0) is 118 Å². The number of aryl methyl sites for hydroxylation is 1. The number of carboxylic acid groups (broad SMARTS) is 1. The second-order valence-electron chi connectivity index (χ2n) is 38.8. The van der Waals surface area contributed by atoms with Gasteiger partial charge in [-0.15, -0.1) is 12.4 Å². The van der Waals surface area contributed by atoms with Crippen molar-refractivity contribution in [3.8, 4) is 23.0 Å². The smallest absolute Gasteiger partial charge is 0.410 e. The quantitative estimate of drug-likeness (QED) is 0.0289. The highest BCUT2D eigenvalue weighted by atomic mass is 35.5. The second-order valence-corrected chi connectivity index (χ2v) is 38.8. The summed E-state index contributed by atoms with van der Waals surface area (Å²) in [5.41, 5.74) is 13.9. The molecule has 8 aromatic rings. The van der Waals surface area contributed by atoms with E-state index < -0.39 is 65.4 Å². The van der Waals surface area contributed by atoms with E-state index in [4.69, 9.17) is 28.4 Å². The van der Waals surface area contributed by atoms with Crippen LogP contribution in [0.15, 0.2) is 170 Å². The van der Waals surface area contributed by atoms with Crippen LogP contribution in [0, 0.1) is 0 Å². The van der Waals surface area contributed by atoms with Gasteiger partial charge in [0.2, 0.25) is 47.3 Å². The Morgan fingerprint density at radius 3 is 1.06 bits per heavy atom. The van der Waals surface area contributed by atoms with Crippen molar-refractivity contribution in [2.24, 2.45) is 0 Å². The number of imide groups is 4. The number of hydrogen-bond acceptors (Lipinski definition) is 23. The molecule has 0 saturated carbocycles. The molecule has 12 aliphatic rings. The van der Waals surface area contributed by atoms with E-state index in [2.05, 4.69) is 104 Å². The Labute approximate surface area is 830 Å². The molecule has 746 valence electrons. The molecule has 0 spiro atoms. The van der Waals surface area contributed by atoms with E-state index in [9.17, 15) is 72.2 Å². The van der Waals surface area contributed by atoms with Crippen LogP contribution in [0.3, 0.4) is 0 Å². The predicted octanol–water partition coefficient (Wildman–Crippen LogP) is 11.4. The van der Waals surface area contributed by atoms with Crippen LogP contribution in [-0.4, -0.2) is 224 Å². The molecule has 6 N–H and O–H groups in total. The second kappa shape index (κ2) is 45.9. The van der Waals surface area contributed by atoms with Gasteiger partial charge in [0.1, 0.15) is 85.2 Å². The van der Waals surface area contributed by atoms with Gasteiger partial charge in [0.15, 0.2) is 0 Å². The van der Waals surface area contributed by atoms with Gasteiger partial charge >= 0.3 is 12.1 Å². The normalized spacial score (nSPS) is 20.9. The number of carboxylic acids is 1. The number of piperidine rings is 6. The van der Waals surface area contributed by atoms with Gasteiger partial charge < -0.3 is 63.3 Å². The number of benzene rings is 8. The van der Waals surface area contributed by atoms with E-state index in [0.717, 1.165) is 135 Å². The minimum absolute atomic E-state index is 0. The number of hydrogen-bond donors (Lipinski definition) is 6. The van der Waals surface area contributed by atoms with Crippen molar-refractivity contribution in [1.82, 2.24) is 60.9 Å². The SMILES string of the molecule is CC(C)(C)OC(=O)N1CCC(c2ccc(COc3cccc4c3CN(C3CCC(=O)NC3=O)C4=O)cc2)CC1.Cl.O=C1CCC(N2Cc3c(OCc4ccc(C5CCNCC5)cc4)cccc3C2=O)C(=O)N1.O=C1CCC(N2Cc3c(OCc4ccc(CCCN5CCOCC5)cc4)cccc3C2=O)C(=O)N1.O=C1CCC(N2Cc3c(OCc4ccc(CN5CCC[C@H]5C(=O)O)cc4)cccc3C2=O)C(=O)N1. The third-order valence-corrected chi connectivity index (χ3v) is 28.2. The number of halogens is 1. The minimum Gasteiger partial charge on any atom is -0.489 e. The third kappa shape index (κ3) is 24.3. The predicted molar refractivity (Wildman–Crippen MR) is 522 cm³/mol. The standard InChI is InChI=1S/C30H35N3O6.C27H31N3O5.C26H27N3O6.C25H27N3O4.ClH/c1-30(2,3)39-29(37)32-15-13-21(14-16-32)20-9-7-19(8-10-20)18-38-25-6-4-5-22-23(25)17-33(28(22)36)24-11-12-26(34)31-27(24)35;31-25-11-10-23(26(32)28-25)30-17-22-21(27(30)33)4-1-5-24(22)35-18-20-8-6-19(7-9-20)3-2-12-29-13-15-34-16-14-29;30-23-11-10-20(24(31)27-23)29-14-19-18(25(29)32)3-1-5-22(19)35-15-17-8-6-16(7-9-17)13-28-12-2-4-21(28)26(33)34;29-23-9-8-21(24(30)27-23)28-14-20-19(25(28)31)2-1-3-22(20)32-15-16-4-6-17(7-5-16)18-10-12-26-13-11-18;/h4-10,21,24H,11-18H2,1-3H3,(H,31,34,35);1,4-9,23H,2-3,10-18H2,(H,28,31,32);1,3,5-9,20-21H,2,4,10-15H2,(H,33,34)(H,27,30,31);1-7,18,21,26H,8-15H2,(H,27,29,30);1H/t;;20?,21-;;/m..0../s1. The highest BCUT2D eigenvalue weighted by Gasteiger charge is 2.46. The molecule has 5 atom stereocenters. The molecule has 8 aromatic carbocycles. The van der Waals surface area contributed by atoms with Crippen molar-refractivity contribution >= 4 is 95.4 Å². The first-order chi connectivity index (χ1) is 68.2. The molecule has 13 amide bonds. The van der Waals surface area contributed by atoms with Crippen molar-refractivity contribution < 1.29 is 101 Å². The van der Waals surface area contributed by atoms with Crippen LogP contribution < -0.4 is 45.5 Å². The molecule has 4 unspecified atom stereocenters. The Bertz CT molecular complexity index is 6050. The van der Waals surface area contributed by atoms with Gasteiger partial charge in [0.25, 0.3) is 23.6 Å². The number of carbonyl (C=O) groups excluding carboxylic acids is 13. The maximum atomic E-state index is 13.0. The monoisotopic (exact) mass is 1960 g/mol. The molecule has 0 aromatic heterocycles. The Balaban J connectivity index is 0.000000136. The number of carbonyl (C=O) groups is 14. The number of rotatable bonds is 25. The van der Waals surface area contributed by atoms with Crippen LogP contribution in [0.1, 0.15) is 237 Å². The number of fused-ring (bicyclic) bond motifs is 4. The summed E-state index contributed by atoms with van der Waals surface area (Å²) in [6.07, 6.45) is 9.89. The number of aliphatic carboxylic acids is 1. The topological polar surface area (TPSA) is 397 Å². The van der Waals surface area contributed by atoms with Crippen LogP contribution >= 0.6 is 12.4 Å². The molecular formula is C108H121ClN12O21. The van der Waals surface area contributed by atoms with E-state index in [1.807, 2.05) is 74.2 Å². The van der Waals surface area contributed by atoms with E-state index in [0.29, 0.717) is 148 Å². The summed E-state index contributed by atoms with van der Waals surface area (Å²) >= 11 is 0. The first-order valence-corrected chi connectivity index (χ1v) is 49.0.